The van der Waals surface area contributed by atoms with Crippen molar-refractivity contribution in [3.05, 3.63) is 54.2 Å². The summed E-state index contributed by atoms with van der Waals surface area (Å²) >= 11 is 0. The molecule has 2 aromatic carbocycles. The highest BCUT2D eigenvalue weighted by molar-refractivity contribution is 5.98. The highest BCUT2D eigenvalue weighted by Crippen LogP contribution is 2.34. The van der Waals surface area contributed by atoms with E-state index in [0.717, 1.165) is 16.5 Å². The first kappa shape index (κ1) is 17.0. The quantitative estimate of drug-likeness (QED) is 0.648. The SMILES string of the molecule is CC(=O)N[C@@H](Cc1c[nH]c2ccccc12)C(=O)Nc1ccc2c(c1)OCO2. The Labute approximate surface area is 155 Å². The Kier molecular flexibility index (Phi) is 4.42. The van der Waals surface area contributed by atoms with Crippen LogP contribution in [0.4, 0.5) is 5.69 Å². The molecule has 4 rings (SSSR count). The van der Waals surface area contributed by atoms with Crippen LogP contribution in [0.25, 0.3) is 10.9 Å². The Morgan fingerprint density at radius 3 is 2.81 bits per heavy atom. The molecule has 1 aliphatic heterocycles. The summed E-state index contributed by atoms with van der Waals surface area (Å²) in [5.74, 6) is 0.667. The Hall–Kier alpha value is -3.48. The number of nitrogens with one attached hydrogen (secondary N) is 3. The number of carbonyl (C=O) groups excluding carboxylic acids is 2. The van der Waals surface area contributed by atoms with Crippen molar-refractivity contribution in [2.45, 2.75) is 19.4 Å². The number of amides is 2. The number of carbonyl (C=O) groups is 2. The minimum absolute atomic E-state index is 0.168. The van der Waals surface area contributed by atoms with Crippen molar-refractivity contribution in [3.8, 4) is 11.5 Å². The Balaban J connectivity index is 1.54. The largest absolute Gasteiger partial charge is 0.454 e. The number of para-hydroxylation sites is 1. The number of hydrogen-bond donors (Lipinski definition) is 3. The van der Waals surface area contributed by atoms with E-state index >= 15 is 0 Å². The Morgan fingerprint density at radius 2 is 1.96 bits per heavy atom. The molecule has 7 heteroatoms. The van der Waals surface area contributed by atoms with E-state index in [1.54, 1.807) is 18.2 Å². The van der Waals surface area contributed by atoms with Gasteiger partial charge >= 0.3 is 0 Å². The lowest BCUT2D eigenvalue weighted by Crippen LogP contribution is -2.44. The van der Waals surface area contributed by atoms with E-state index < -0.39 is 6.04 Å². The topological polar surface area (TPSA) is 92.5 Å². The minimum atomic E-state index is -0.702. The number of rotatable bonds is 5. The molecule has 0 saturated carbocycles. The van der Waals surface area contributed by atoms with Crippen LogP contribution in [0.3, 0.4) is 0 Å². The maximum absolute atomic E-state index is 12.8. The van der Waals surface area contributed by atoms with E-state index in [0.29, 0.717) is 23.6 Å². The van der Waals surface area contributed by atoms with Crippen molar-refractivity contribution in [2.75, 3.05) is 12.1 Å². The fourth-order valence-corrected chi connectivity index (χ4v) is 3.18. The summed E-state index contributed by atoms with van der Waals surface area (Å²) < 4.78 is 10.6. The van der Waals surface area contributed by atoms with Gasteiger partial charge in [0.2, 0.25) is 18.6 Å². The van der Waals surface area contributed by atoms with Gasteiger partial charge in [0.25, 0.3) is 0 Å². The third-order valence-corrected chi connectivity index (χ3v) is 4.43. The van der Waals surface area contributed by atoms with Gasteiger partial charge in [0, 0.05) is 42.2 Å². The molecule has 2 heterocycles. The average molecular weight is 365 g/mol. The first-order valence-corrected chi connectivity index (χ1v) is 8.63. The van der Waals surface area contributed by atoms with Crippen LogP contribution in [0.5, 0.6) is 11.5 Å². The zero-order valence-electron chi connectivity index (χ0n) is 14.7. The second-order valence-electron chi connectivity index (χ2n) is 6.37. The van der Waals surface area contributed by atoms with Gasteiger partial charge in [-0.3, -0.25) is 9.59 Å². The van der Waals surface area contributed by atoms with Crippen LogP contribution in [0.1, 0.15) is 12.5 Å². The van der Waals surface area contributed by atoms with Crippen LogP contribution in [0.2, 0.25) is 0 Å². The predicted molar refractivity (Wildman–Crippen MR) is 101 cm³/mol. The zero-order valence-corrected chi connectivity index (χ0v) is 14.7. The van der Waals surface area contributed by atoms with Crippen molar-refractivity contribution < 1.29 is 19.1 Å². The third-order valence-electron chi connectivity index (χ3n) is 4.43. The van der Waals surface area contributed by atoms with E-state index in [-0.39, 0.29) is 18.6 Å². The average Bonchev–Trinajstić information content (AvgIpc) is 3.27. The monoisotopic (exact) mass is 365 g/mol. The van der Waals surface area contributed by atoms with Gasteiger partial charge in [0.05, 0.1) is 0 Å². The summed E-state index contributed by atoms with van der Waals surface area (Å²) in [6.45, 7) is 1.57. The molecule has 3 N–H and O–H groups in total. The zero-order chi connectivity index (χ0) is 18.8. The first-order chi connectivity index (χ1) is 13.1. The van der Waals surface area contributed by atoms with E-state index in [4.69, 9.17) is 9.47 Å². The molecule has 0 bridgehead atoms. The molecule has 7 nitrogen and oxygen atoms in total. The molecule has 1 aliphatic rings. The Bertz CT molecular complexity index is 1010. The number of aromatic nitrogens is 1. The number of aromatic amines is 1. The van der Waals surface area contributed by atoms with Crippen LogP contribution < -0.4 is 20.1 Å². The highest BCUT2D eigenvalue weighted by atomic mass is 16.7. The lowest BCUT2D eigenvalue weighted by Gasteiger charge is -2.17. The maximum Gasteiger partial charge on any atom is 0.247 e. The van der Waals surface area contributed by atoms with Gasteiger partial charge in [-0.1, -0.05) is 18.2 Å². The van der Waals surface area contributed by atoms with Gasteiger partial charge in [-0.05, 0) is 23.8 Å². The van der Waals surface area contributed by atoms with Crippen molar-refractivity contribution >= 4 is 28.4 Å². The molecule has 0 spiro atoms. The normalized spacial score (nSPS) is 13.4. The van der Waals surface area contributed by atoms with E-state index in [1.807, 2.05) is 30.5 Å². The highest BCUT2D eigenvalue weighted by Gasteiger charge is 2.22. The number of ether oxygens (including phenoxy) is 2. The second kappa shape index (κ2) is 7.03. The van der Waals surface area contributed by atoms with E-state index in [9.17, 15) is 9.59 Å². The smallest absolute Gasteiger partial charge is 0.247 e. The fraction of sp³-hybridized carbons (Fsp3) is 0.200. The van der Waals surface area contributed by atoms with Gasteiger partial charge in [-0.15, -0.1) is 0 Å². The van der Waals surface area contributed by atoms with Crippen molar-refractivity contribution in [2.24, 2.45) is 0 Å². The van der Waals surface area contributed by atoms with Gasteiger partial charge in [0.1, 0.15) is 6.04 Å². The van der Waals surface area contributed by atoms with Gasteiger partial charge in [-0.25, -0.2) is 0 Å². The standard InChI is InChI=1S/C20H19N3O4/c1-12(24)22-17(8-13-10-21-16-5-3-2-4-15(13)16)20(25)23-14-6-7-18-19(9-14)27-11-26-18/h2-7,9-10,17,21H,8,11H2,1H3,(H,22,24)(H,23,25)/t17-/m0/s1. The molecule has 0 unspecified atom stereocenters. The number of hydrogen-bond acceptors (Lipinski definition) is 4. The molecule has 0 aliphatic carbocycles. The van der Waals surface area contributed by atoms with Gasteiger partial charge in [-0.2, -0.15) is 0 Å². The van der Waals surface area contributed by atoms with Crippen LogP contribution in [0, 0.1) is 0 Å². The summed E-state index contributed by atoms with van der Waals surface area (Å²) in [4.78, 5) is 27.6. The summed E-state index contributed by atoms with van der Waals surface area (Å²) in [5, 5.41) is 6.60. The van der Waals surface area contributed by atoms with Crippen molar-refractivity contribution in [1.82, 2.24) is 10.3 Å². The summed E-state index contributed by atoms with van der Waals surface area (Å²) in [7, 11) is 0. The molecule has 0 saturated heterocycles. The summed E-state index contributed by atoms with van der Waals surface area (Å²) in [6.07, 6.45) is 2.24. The first-order valence-electron chi connectivity index (χ1n) is 8.63. The number of fused-ring (bicyclic) bond motifs is 2. The lowest BCUT2D eigenvalue weighted by molar-refractivity contribution is -0.125. The molecular formula is C20H19N3O4. The molecule has 3 aromatic rings. The predicted octanol–water partition coefficient (Wildman–Crippen LogP) is 2.58. The van der Waals surface area contributed by atoms with E-state index in [2.05, 4.69) is 15.6 Å². The van der Waals surface area contributed by atoms with Gasteiger partial charge < -0.3 is 25.1 Å². The second-order valence-corrected chi connectivity index (χ2v) is 6.37. The summed E-state index contributed by atoms with van der Waals surface area (Å²) in [5.41, 5.74) is 2.54. The van der Waals surface area contributed by atoms with Crippen LogP contribution in [-0.2, 0) is 16.0 Å². The molecule has 2 amide bonds. The number of anilines is 1. The molecule has 0 fully saturated rings. The fourth-order valence-electron chi connectivity index (χ4n) is 3.18. The molecular weight excluding hydrogens is 346 g/mol. The molecule has 1 aromatic heterocycles. The van der Waals surface area contributed by atoms with Crippen LogP contribution in [0.15, 0.2) is 48.7 Å². The number of benzene rings is 2. The van der Waals surface area contributed by atoms with Gasteiger partial charge in [0.15, 0.2) is 11.5 Å². The minimum Gasteiger partial charge on any atom is -0.454 e. The molecule has 0 radical (unpaired) electrons. The van der Waals surface area contributed by atoms with Crippen LogP contribution >= 0.6 is 0 Å². The van der Waals surface area contributed by atoms with Crippen molar-refractivity contribution in [1.29, 1.82) is 0 Å². The molecule has 138 valence electrons. The van der Waals surface area contributed by atoms with Crippen LogP contribution in [-0.4, -0.2) is 29.6 Å². The third kappa shape index (κ3) is 3.57. The molecule has 1 atom stereocenters. The molecule has 27 heavy (non-hydrogen) atoms. The summed E-state index contributed by atoms with van der Waals surface area (Å²) in [6, 6.07) is 12.3. The maximum atomic E-state index is 12.8. The Morgan fingerprint density at radius 1 is 1.15 bits per heavy atom. The number of H-pyrrole nitrogens is 1. The van der Waals surface area contributed by atoms with E-state index in [1.165, 1.54) is 6.92 Å². The lowest BCUT2D eigenvalue weighted by atomic mass is 10.0. The van der Waals surface area contributed by atoms with Crippen molar-refractivity contribution in [3.63, 3.8) is 0 Å².